The van der Waals surface area contributed by atoms with E-state index in [2.05, 4.69) is 32.6 Å². The number of amides is 1. The highest BCUT2D eigenvalue weighted by Gasteiger charge is 2.13. The summed E-state index contributed by atoms with van der Waals surface area (Å²) in [7, 11) is 0. The molecule has 0 spiro atoms. The number of esters is 1. The SMILES string of the molecule is CCCCCCCN(CCCCCCC)C(=O)CCCCC(=O)OCCCC(C)C. The van der Waals surface area contributed by atoms with Gasteiger partial charge in [0.05, 0.1) is 6.61 Å². The topological polar surface area (TPSA) is 46.6 Å². The minimum Gasteiger partial charge on any atom is -0.466 e. The molecule has 30 heavy (non-hydrogen) atoms. The van der Waals surface area contributed by atoms with Crippen molar-refractivity contribution in [2.75, 3.05) is 19.7 Å². The Morgan fingerprint density at radius 3 is 1.77 bits per heavy atom. The second-order valence-electron chi connectivity index (χ2n) is 9.17. The molecule has 0 rings (SSSR count). The largest absolute Gasteiger partial charge is 0.466 e. The first kappa shape index (κ1) is 28.9. The van der Waals surface area contributed by atoms with Crippen LogP contribution in [-0.2, 0) is 14.3 Å². The van der Waals surface area contributed by atoms with E-state index >= 15 is 0 Å². The maximum Gasteiger partial charge on any atom is 0.305 e. The minimum absolute atomic E-state index is 0.116. The Kier molecular flexibility index (Phi) is 20.4. The average Bonchev–Trinajstić information content (AvgIpc) is 2.72. The Labute approximate surface area is 187 Å². The Bertz CT molecular complexity index is 395. The zero-order valence-electron chi connectivity index (χ0n) is 20.7. The number of carbonyl (C=O) groups is 2. The van der Waals surface area contributed by atoms with E-state index in [1.54, 1.807) is 0 Å². The Hall–Kier alpha value is -1.06. The molecule has 0 aliphatic heterocycles. The van der Waals surface area contributed by atoms with Crippen molar-refractivity contribution in [1.82, 2.24) is 4.90 Å². The normalized spacial score (nSPS) is 11.1. The van der Waals surface area contributed by atoms with Gasteiger partial charge in [-0.2, -0.15) is 0 Å². The van der Waals surface area contributed by atoms with Crippen molar-refractivity contribution in [1.29, 1.82) is 0 Å². The van der Waals surface area contributed by atoms with Gasteiger partial charge in [0.2, 0.25) is 5.91 Å². The van der Waals surface area contributed by atoms with Crippen LogP contribution in [0.5, 0.6) is 0 Å². The number of rotatable bonds is 21. The van der Waals surface area contributed by atoms with Crippen molar-refractivity contribution < 1.29 is 14.3 Å². The molecule has 0 aromatic rings. The van der Waals surface area contributed by atoms with Crippen LogP contribution in [0.1, 0.15) is 130 Å². The molecule has 0 aromatic heterocycles. The van der Waals surface area contributed by atoms with Crippen molar-refractivity contribution in [3.63, 3.8) is 0 Å². The fraction of sp³-hybridized carbons (Fsp3) is 0.923. The monoisotopic (exact) mass is 425 g/mol. The third-order valence-corrected chi connectivity index (χ3v) is 5.63. The molecule has 0 heterocycles. The standard InChI is InChI=1S/C26H51NO3/c1-5-7-9-11-15-21-27(22-16-12-10-8-6-2)25(28)19-13-14-20-26(29)30-23-17-18-24(3)4/h24H,5-23H2,1-4H3. The van der Waals surface area contributed by atoms with E-state index in [9.17, 15) is 9.59 Å². The van der Waals surface area contributed by atoms with Crippen LogP contribution in [-0.4, -0.2) is 36.5 Å². The van der Waals surface area contributed by atoms with Gasteiger partial charge in [-0.25, -0.2) is 0 Å². The van der Waals surface area contributed by atoms with Gasteiger partial charge in [0.1, 0.15) is 0 Å². The van der Waals surface area contributed by atoms with Gasteiger partial charge >= 0.3 is 5.97 Å². The van der Waals surface area contributed by atoms with Gasteiger partial charge in [-0.3, -0.25) is 9.59 Å². The summed E-state index contributed by atoms with van der Waals surface area (Å²) in [5, 5.41) is 0. The summed E-state index contributed by atoms with van der Waals surface area (Å²) in [6, 6.07) is 0. The van der Waals surface area contributed by atoms with Crippen molar-refractivity contribution in [2.45, 2.75) is 130 Å². The average molecular weight is 426 g/mol. The Morgan fingerprint density at radius 2 is 1.23 bits per heavy atom. The molecule has 4 nitrogen and oxygen atoms in total. The summed E-state index contributed by atoms with van der Waals surface area (Å²) in [6.07, 6.45) is 16.8. The van der Waals surface area contributed by atoms with Crippen molar-refractivity contribution in [2.24, 2.45) is 5.92 Å². The molecule has 0 unspecified atom stereocenters. The Balaban J connectivity index is 4.07. The first-order chi connectivity index (χ1) is 14.5. The van der Waals surface area contributed by atoms with Crippen LogP contribution in [0, 0.1) is 5.92 Å². The molecular formula is C26H51NO3. The fourth-order valence-corrected chi connectivity index (χ4v) is 3.63. The lowest BCUT2D eigenvalue weighted by molar-refractivity contribution is -0.144. The van der Waals surface area contributed by atoms with Crippen molar-refractivity contribution >= 4 is 11.9 Å². The van der Waals surface area contributed by atoms with Gasteiger partial charge in [-0.05, 0) is 44.4 Å². The summed E-state index contributed by atoms with van der Waals surface area (Å²) in [5.74, 6) is 0.803. The van der Waals surface area contributed by atoms with E-state index in [-0.39, 0.29) is 11.9 Å². The number of hydrogen-bond donors (Lipinski definition) is 0. The lowest BCUT2D eigenvalue weighted by atomic mass is 10.1. The molecule has 0 atom stereocenters. The van der Waals surface area contributed by atoms with Gasteiger partial charge in [0.25, 0.3) is 0 Å². The van der Waals surface area contributed by atoms with Gasteiger partial charge in [-0.15, -0.1) is 0 Å². The zero-order chi connectivity index (χ0) is 22.5. The Morgan fingerprint density at radius 1 is 0.700 bits per heavy atom. The molecule has 0 saturated carbocycles. The summed E-state index contributed by atoms with van der Waals surface area (Å²) < 4.78 is 5.28. The quantitative estimate of drug-likeness (QED) is 0.143. The second kappa shape index (κ2) is 21.2. The van der Waals surface area contributed by atoms with Crippen LogP contribution >= 0.6 is 0 Å². The van der Waals surface area contributed by atoms with Crippen LogP contribution in [0.4, 0.5) is 0 Å². The molecule has 0 bridgehead atoms. The third-order valence-electron chi connectivity index (χ3n) is 5.63. The highest BCUT2D eigenvalue weighted by Crippen LogP contribution is 2.11. The van der Waals surface area contributed by atoms with E-state index in [0.717, 1.165) is 51.6 Å². The van der Waals surface area contributed by atoms with Crippen molar-refractivity contribution in [3.8, 4) is 0 Å². The molecule has 1 amide bonds. The summed E-state index contributed by atoms with van der Waals surface area (Å²) in [5.41, 5.74) is 0. The van der Waals surface area contributed by atoms with E-state index in [1.165, 1.54) is 51.4 Å². The number of unbranched alkanes of at least 4 members (excludes halogenated alkanes) is 9. The smallest absolute Gasteiger partial charge is 0.305 e. The lowest BCUT2D eigenvalue weighted by Gasteiger charge is -2.23. The number of nitrogens with zero attached hydrogens (tertiary/aromatic N) is 1. The summed E-state index contributed by atoms with van der Waals surface area (Å²) in [4.78, 5) is 26.6. The molecule has 0 aliphatic carbocycles. The van der Waals surface area contributed by atoms with E-state index in [4.69, 9.17) is 4.74 Å². The molecule has 0 N–H and O–H groups in total. The van der Waals surface area contributed by atoms with E-state index < -0.39 is 0 Å². The number of ether oxygens (including phenoxy) is 1. The zero-order valence-corrected chi connectivity index (χ0v) is 20.7. The van der Waals surface area contributed by atoms with Crippen LogP contribution < -0.4 is 0 Å². The summed E-state index contributed by atoms with van der Waals surface area (Å²) in [6.45, 7) is 11.1. The maximum absolute atomic E-state index is 12.7. The predicted octanol–water partition coefficient (Wildman–Crippen LogP) is 7.30. The van der Waals surface area contributed by atoms with E-state index in [1.807, 2.05) is 0 Å². The highest BCUT2D eigenvalue weighted by atomic mass is 16.5. The minimum atomic E-state index is -0.116. The molecule has 0 saturated heterocycles. The van der Waals surface area contributed by atoms with Crippen LogP contribution in [0.3, 0.4) is 0 Å². The van der Waals surface area contributed by atoms with Gasteiger partial charge in [0.15, 0.2) is 0 Å². The highest BCUT2D eigenvalue weighted by molar-refractivity contribution is 5.76. The molecule has 0 radical (unpaired) electrons. The van der Waals surface area contributed by atoms with Gasteiger partial charge < -0.3 is 9.64 Å². The second-order valence-corrected chi connectivity index (χ2v) is 9.17. The van der Waals surface area contributed by atoms with Gasteiger partial charge in [-0.1, -0.05) is 79.1 Å². The first-order valence-corrected chi connectivity index (χ1v) is 12.9. The molecule has 0 fully saturated rings. The number of carbonyl (C=O) groups excluding carboxylic acids is 2. The molecule has 0 aromatic carbocycles. The molecule has 0 aliphatic rings. The first-order valence-electron chi connectivity index (χ1n) is 12.9. The fourth-order valence-electron chi connectivity index (χ4n) is 3.63. The predicted molar refractivity (Wildman–Crippen MR) is 128 cm³/mol. The van der Waals surface area contributed by atoms with Crippen LogP contribution in [0.2, 0.25) is 0 Å². The third kappa shape index (κ3) is 18.9. The van der Waals surface area contributed by atoms with Gasteiger partial charge in [0, 0.05) is 25.9 Å². The van der Waals surface area contributed by atoms with Crippen molar-refractivity contribution in [3.05, 3.63) is 0 Å². The molecule has 4 heteroatoms. The lowest BCUT2D eigenvalue weighted by Crippen LogP contribution is -2.32. The van der Waals surface area contributed by atoms with Crippen LogP contribution in [0.15, 0.2) is 0 Å². The van der Waals surface area contributed by atoms with E-state index in [0.29, 0.717) is 25.4 Å². The molecular weight excluding hydrogens is 374 g/mol. The number of hydrogen-bond acceptors (Lipinski definition) is 3. The molecule has 178 valence electrons. The van der Waals surface area contributed by atoms with Crippen LogP contribution in [0.25, 0.3) is 0 Å². The maximum atomic E-state index is 12.7. The summed E-state index contributed by atoms with van der Waals surface area (Å²) >= 11 is 0.